The van der Waals surface area contributed by atoms with Crippen LogP contribution in [0.25, 0.3) is 0 Å². The molecule has 9 heavy (non-hydrogen) atoms. The molecule has 0 fully saturated rings. The van der Waals surface area contributed by atoms with Crippen LogP contribution in [-0.4, -0.2) is 11.1 Å². The second-order valence-corrected chi connectivity index (χ2v) is 1.67. The van der Waals surface area contributed by atoms with E-state index in [0.717, 1.165) is 6.92 Å². The molecule has 3 heteroatoms. The van der Waals surface area contributed by atoms with Gasteiger partial charge in [-0.05, 0) is 13.3 Å². The molecule has 0 amide bonds. The number of carboxylic acids is 1. The van der Waals surface area contributed by atoms with E-state index in [2.05, 4.69) is 0 Å². The summed E-state index contributed by atoms with van der Waals surface area (Å²) < 4.78 is 12.1. The molecule has 0 aliphatic carbocycles. The fraction of sp³-hybridized carbons (Fsp3) is 0.500. The number of carboxylic acid groups (broad SMARTS) is 1. The molecule has 0 heterocycles. The van der Waals surface area contributed by atoms with Crippen LogP contribution in [0.2, 0.25) is 0 Å². The zero-order chi connectivity index (χ0) is 7.44. The highest BCUT2D eigenvalue weighted by atomic mass is 19.1. The Morgan fingerprint density at radius 2 is 2.11 bits per heavy atom. The van der Waals surface area contributed by atoms with Crippen LogP contribution in [-0.2, 0) is 4.79 Å². The predicted octanol–water partition coefficient (Wildman–Crippen LogP) is 1.72. The zero-order valence-electron chi connectivity index (χ0n) is 5.44. The second kappa shape index (κ2) is 3.22. The molecule has 0 aliphatic rings. The lowest BCUT2D eigenvalue weighted by Crippen LogP contribution is -2.00. The molecule has 0 aromatic carbocycles. The lowest BCUT2D eigenvalue weighted by molar-refractivity contribution is -0.132. The van der Waals surface area contributed by atoms with Crippen molar-refractivity contribution in [2.45, 2.75) is 20.3 Å². The van der Waals surface area contributed by atoms with E-state index in [1.54, 1.807) is 6.92 Å². The summed E-state index contributed by atoms with van der Waals surface area (Å²) in [5.74, 6) is -1.78. The van der Waals surface area contributed by atoms with E-state index < -0.39 is 11.8 Å². The van der Waals surface area contributed by atoms with E-state index in [4.69, 9.17) is 5.11 Å². The van der Waals surface area contributed by atoms with E-state index >= 15 is 0 Å². The van der Waals surface area contributed by atoms with Crippen LogP contribution >= 0.6 is 0 Å². The van der Waals surface area contributed by atoms with Crippen LogP contribution in [0.4, 0.5) is 4.39 Å². The van der Waals surface area contributed by atoms with Crippen molar-refractivity contribution in [3.8, 4) is 0 Å². The van der Waals surface area contributed by atoms with Crippen LogP contribution in [0.15, 0.2) is 11.4 Å². The summed E-state index contributed by atoms with van der Waals surface area (Å²) in [5, 5.41) is 8.25. The van der Waals surface area contributed by atoms with Gasteiger partial charge in [0, 0.05) is 0 Å². The molecule has 0 unspecified atom stereocenters. The van der Waals surface area contributed by atoms with Gasteiger partial charge in [0.05, 0.1) is 5.57 Å². The van der Waals surface area contributed by atoms with Crippen molar-refractivity contribution in [1.29, 1.82) is 0 Å². The van der Waals surface area contributed by atoms with Gasteiger partial charge >= 0.3 is 5.97 Å². The van der Waals surface area contributed by atoms with Gasteiger partial charge < -0.3 is 5.11 Å². The highest BCUT2D eigenvalue weighted by Crippen LogP contribution is 2.08. The number of carbonyl (C=O) groups is 1. The maximum atomic E-state index is 12.1. The third-order valence-electron chi connectivity index (χ3n) is 1.03. The molecule has 0 saturated heterocycles. The van der Waals surface area contributed by atoms with Crippen LogP contribution in [0.3, 0.4) is 0 Å². The molecule has 1 N–H and O–H groups in total. The van der Waals surface area contributed by atoms with E-state index in [-0.39, 0.29) is 12.0 Å². The number of hydrogen-bond donors (Lipinski definition) is 1. The summed E-state index contributed by atoms with van der Waals surface area (Å²) >= 11 is 0. The predicted molar refractivity (Wildman–Crippen MR) is 31.7 cm³/mol. The van der Waals surface area contributed by atoms with E-state index in [1.165, 1.54) is 0 Å². The molecule has 0 atom stereocenters. The fourth-order valence-corrected chi connectivity index (χ4v) is 0.542. The first kappa shape index (κ1) is 8.14. The van der Waals surface area contributed by atoms with E-state index in [9.17, 15) is 9.18 Å². The summed E-state index contributed by atoms with van der Waals surface area (Å²) in [6.45, 7) is 2.75. The zero-order valence-corrected chi connectivity index (χ0v) is 5.44. The Morgan fingerprint density at radius 3 is 2.11 bits per heavy atom. The van der Waals surface area contributed by atoms with E-state index in [1.807, 2.05) is 0 Å². The van der Waals surface area contributed by atoms with Gasteiger partial charge in [0.15, 0.2) is 0 Å². The molecule has 0 saturated carbocycles. The SMILES string of the molecule is CCC(C(=O)O)=C(C)F. The van der Waals surface area contributed by atoms with Gasteiger partial charge in [-0.25, -0.2) is 9.18 Å². The summed E-state index contributed by atoms with van der Waals surface area (Å²) in [6, 6.07) is 0. The smallest absolute Gasteiger partial charge is 0.334 e. The molecule has 0 rings (SSSR count). The average Bonchev–Trinajstić information content (AvgIpc) is 1.64. The highest BCUT2D eigenvalue weighted by molar-refractivity contribution is 5.86. The quantitative estimate of drug-likeness (QED) is 0.581. The third-order valence-corrected chi connectivity index (χ3v) is 1.03. The van der Waals surface area contributed by atoms with Gasteiger partial charge in [-0.2, -0.15) is 0 Å². The lowest BCUT2D eigenvalue weighted by atomic mass is 10.2. The number of allylic oxidation sites excluding steroid dienone is 1. The molecule has 0 spiro atoms. The van der Waals surface area contributed by atoms with Crippen LogP contribution in [0.1, 0.15) is 20.3 Å². The first-order valence-corrected chi connectivity index (χ1v) is 2.68. The Hall–Kier alpha value is -0.860. The topological polar surface area (TPSA) is 37.3 Å². The average molecular weight is 132 g/mol. The summed E-state index contributed by atoms with van der Waals surface area (Å²) in [4.78, 5) is 10.1. The van der Waals surface area contributed by atoms with Crippen molar-refractivity contribution in [2.75, 3.05) is 0 Å². The molecule has 0 aromatic heterocycles. The Balaban J connectivity index is 4.35. The highest BCUT2D eigenvalue weighted by Gasteiger charge is 2.07. The van der Waals surface area contributed by atoms with Crippen molar-refractivity contribution in [3.63, 3.8) is 0 Å². The van der Waals surface area contributed by atoms with Crippen molar-refractivity contribution < 1.29 is 14.3 Å². The van der Waals surface area contributed by atoms with Gasteiger partial charge in [-0.1, -0.05) is 6.92 Å². The maximum absolute atomic E-state index is 12.1. The summed E-state index contributed by atoms with van der Waals surface area (Å²) in [6.07, 6.45) is 0.234. The largest absolute Gasteiger partial charge is 0.478 e. The van der Waals surface area contributed by atoms with Gasteiger partial charge in [-0.3, -0.25) is 0 Å². The normalized spacial score (nSPS) is 12.8. The number of aliphatic carboxylic acids is 1. The minimum atomic E-state index is -1.17. The molecule has 2 nitrogen and oxygen atoms in total. The molecule has 0 aromatic rings. The van der Waals surface area contributed by atoms with Crippen LogP contribution in [0.5, 0.6) is 0 Å². The molecule has 0 radical (unpaired) electrons. The Bertz CT molecular complexity index is 145. The minimum absolute atomic E-state index is 0.144. The van der Waals surface area contributed by atoms with E-state index in [0.29, 0.717) is 0 Å². The van der Waals surface area contributed by atoms with Gasteiger partial charge in [0.25, 0.3) is 0 Å². The van der Waals surface area contributed by atoms with Crippen molar-refractivity contribution in [3.05, 3.63) is 11.4 Å². The molecule has 0 aliphatic heterocycles. The maximum Gasteiger partial charge on any atom is 0.334 e. The number of halogens is 1. The van der Waals surface area contributed by atoms with Crippen molar-refractivity contribution in [2.24, 2.45) is 0 Å². The van der Waals surface area contributed by atoms with Crippen molar-refractivity contribution >= 4 is 5.97 Å². The third kappa shape index (κ3) is 2.26. The summed E-state index contributed by atoms with van der Waals surface area (Å²) in [7, 11) is 0. The molecule has 52 valence electrons. The fourth-order valence-electron chi connectivity index (χ4n) is 0.542. The van der Waals surface area contributed by atoms with Gasteiger partial charge in [0.2, 0.25) is 0 Å². The van der Waals surface area contributed by atoms with Gasteiger partial charge in [-0.15, -0.1) is 0 Å². The van der Waals surface area contributed by atoms with Crippen molar-refractivity contribution in [1.82, 2.24) is 0 Å². The van der Waals surface area contributed by atoms with Crippen LogP contribution < -0.4 is 0 Å². The Morgan fingerprint density at radius 1 is 1.67 bits per heavy atom. The lowest BCUT2D eigenvalue weighted by Gasteiger charge is -1.94. The molecular formula is C6H9FO2. The monoisotopic (exact) mass is 132 g/mol. The molecular weight excluding hydrogens is 123 g/mol. The number of hydrogen-bond acceptors (Lipinski definition) is 1. The van der Waals surface area contributed by atoms with Crippen LogP contribution in [0, 0.1) is 0 Å². The number of rotatable bonds is 2. The standard InChI is InChI=1S/C6H9FO2/c1-3-5(4(2)7)6(8)9/h3H2,1-2H3,(H,8,9). The first-order chi connectivity index (χ1) is 4.09. The Kier molecular flexibility index (Phi) is 2.91. The van der Waals surface area contributed by atoms with Gasteiger partial charge in [0.1, 0.15) is 5.83 Å². The summed E-state index contributed by atoms with van der Waals surface area (Å²) in [5.41, 5.74) is -0.144. The second-order valence-electron chi connectivity index (χ2n) is 1.67. The minimum Gasteiger partial charge on any atom is -0.478 e. The Labute approximate surface area is 53.0 Å². The first-order valence-electron chi connectivity index (χ1n) is 2.68. The molecule has 0 bridgehead atoms.